The minimum Gasteiger partial charge on any atom is -0.207 e. The molecule has 0 aliphatic rings. The molecule has 126 valence electrons. The van der Waals surface area contributed by atoms with Crippen molar-refractivity contribution in [2.24, 2.45) is 0 Å². The highest BCUT2D eigenvalue weighted by atomic mass is 32.2. The predicted octanol–water partition coefficient (Wildman–Crippen LogP) is 4.62. The molecule has 0 N–H and O–H groups in total. The van der Waals surface area contributed by atoms with E-state index in [4.69, 9.17) is 0 Å². The van der Waals surface area contributed by atoms with Gasteiger partial charge in [-0.3, -0.25) is 0 Å². The quantitative estimate of drug-likeness (QED) is 0.621. The van der Waals surface area contributed by atoms with Crippen LogP contribution < -0.4 is 0 Å². The van der Waals surface area contributed by atoms with Crippen molar-refractivity contribution < 1.29 is 8.42 Å². The second-order valence-electron chi connectivity index (χ2n) is 6.48. The van der Waals surface area contributed by atoms with E-state index in [-0.39, 0.29) is 12.1 Å². The first-order valence-corrected chi connectivity index (χ1v) is 9.87. The Morgan fingerprint density at radius 1 is 0.909 bits per heavy atom. The normalized spacial score (nSPS) is 12.5. The summed E-state index contributed by atoms with van der Waals surface area (Å²) in [6.07, 6.45) is 5.94. The number of rotatable bonds is 9. The van der Waals surface area contributed by atoms with E-state index in [9.17, 15) is 8.42 Å². The van der Waals surface area contributed by atoms with Crippen LogP contribution in [-0.4, -0.2) is 24.8 Å². The maximum Gasteiger partial charge on any atom is 0.243 e. The Morgan fingerprint density at radius 2 is 1.45 bits per heavy atom. The van der Waals surface area contributed by atoms with E-state index in [0.717, 1.165) is 6.42 Å². The fraction of sp³-hybridized carbons (Fsp3) is 0.667. The van der Waals surface area contributed by atoms with Crippen LogP contribution in [-0.2, 0) is 16.4 Å². The van der Waals surface area contributed by atoms with Crippen molar-refractivity contribution in [2.75, 3.05) is 0 Å². The summed E-state index contributed by atoms with van der Waals surface area (Å²) in [5, 5.41) is 0. The third kappa shape index (κ3) is 5.10. The maximum absolute atomic E-state index is 12.8. The molecule has 0 aliphatic heterocycles. The Bertz CT molecular complexity index is 525. The molecule has 0 saturated heterocycles. The molecule has 0 radical (unpaired) electrons. The summed E-state index contributed by atoms with van der Waals surface area (Å²) < 4.78 is 27.1. The van der Waals surface area contributed by atoms with Crippen LogP contribution in [0.3, 0.4) is 0 Å². The third-order valence-corrected chi connectivity index (χ3v) is 6.10. The Balaban J connectivity index is 2.84. The number of aryl methyl sites for hydroxylation is 1. The standard InChI is InChI=1S/C18H31NO2S/c1-6-7-8-9-10-17-11-13-18(14-12-17)22(20,21)19(15(2)3)16(4)5/h11-16H,6-10H2,1-5H3. The highest BCUT2D eigenvalue weighted by molar-refractivity contribution is 7.89. The number of sulfonamides is 1. The second kappa shape index (κ2) is 8.68. The molecule has 3 nitrogen and oxygen atoms in total. The lowest BCUT2D eigenvalue weighted by Gasteiger charge is -2.29. The fourth-order valence-corrected chi connectivity index (χ4v) is 4.69. The summed E-state index contributed by atoms with van der Waals surface area (Å²) in [4.78, 5) is 0.396. The lowest BCUT2D eigenvalue weighted by molar-refractivity contribution is 0.302. The minimum absolute atomic E-state index is 0.0429. The van der Waals surface area contributed by atoms with E-state index < -0.39 is 10.0 Å². The van der Waals surface area contributed by atoms with Crippen LogP contribution in [0.5, 0.6) is 0 Å². The van der Waals surface area contributed by atoms with Crippen molar-refractivity contribution in [1.29, 1.82) is 0 Å². The smallest absolute Gasteiger partial charge is 0.207 e. The van der Waals surface area contributed by atoms with Crippen LogP contribution in [0.2, 0.25) is 0 Å². The summed E-state index contributed by atoms with van der Waals surface area (Å²) in [5.41, 5.74) is 1.22. The van der Waals surface area contributed by atoms with Gasteiger partial charge in [-0.1, -0.05) is 38.3 Å². The van der Waals surface area contributed by atoms with E-state index in [0.29, 0.717) is 4.90 Å². The van der Waals surface area contributed by atoms with E-state index in [1.807, 2.05) is 39.8 Å². The Hall–Kier alpha value is -0.870. The molecule has 0 bridgehead atoms. The molecule has 0 amide bonds. The van der Waals surface area contributed by atoms with Crippen molar-refractivity contribution in [2.45, 2.75) is 83.7 Å². The summed E-state index contributed by atoms with van der Waals surface area (Å²) >= 11 is 0. The zero-order chi connectivity index (χ0) is 16.8. The Labute approximate surface area is 136 Å². The van der Waals surface area contributed by atoms with E-state index in [2.05, 4.69) is 6.92 Å². The van der Waals surface area contributed by atoms with E-state index >= 15 is 0 Å². The number of hydrogen-bond acceptors (Lipinski definition) is 2. The second-order valence-corrected chi connectivity index (χ2v) is 8.32. The maximum atomic E-state index is 12.8. The van der Waals surface area contributed by atoms with Crippen molar-refractivity contribution in [3.8, 4) is 0 Å². The van der Waals surface area contributed by atoms with Crippen molar-refractivity contribution in [3.05, 3.63) is 29.8 Å². The molecule has 22 heavy (non-hydrogen) atoms. The van der Waals surface area contributed by atoms with Crippen LogP contribution >= 0.6 is 0 Å². The zero-order valence-corrected chi connectivity index (χ0v) is 15.5. The number of benzene rings is 1. The van der Waals surface area contributed by atoms with Gasteiger partial charge in [0, 0.05) is 12.1 Å². The SMILES string of the molecule is CCCCCCc1ccc(S(=O)(=O)N(C(C)C)C(C)C)cc1. The van der Waals surface area contributed by atoms with Gasteiger partial charge in [0.15, 0.2) is 0 Å². The van der Waals surface area contributed by atoms with Gasteiger partial charge >= 0.3 is 0 Å². The summed E-state index contributed by atoms with van der Waals surface area (Å²) in [6.45, 7) is 9.87. The van der Waals surface area contributed by atoms with E-state index in [1.54, 1.807) is 16.4 Å². The van der Waals surface area contributed by atoms with Gasteiger partial charge in [-0.2, -0.15) is 4.31 Å². The number of hydrogen-bond donors (Lipinski definition) is 0. The van der Waals surface area contributed by atoms with Gasteiger partial charge < -0.3 is 0 Å². The van der Waals surface area contributed by atoms with Gasteiger partial charge in [-0.05, 0) is 58.2 Å². The summed E-state index contributed by atoms with van der Waals surface area (Å²) in [7, 11) is -3.41. The van der Waals surface area contributed by atoms with Gasteiger partial charge in [0.25, 0.3) is 0 Å². The lowest BCUT2D eigenvalue weighted by atomic mass is 10.1. The highest BCUT2D eigenvalue weighted by Gasteiger charge is 2.29. The summed E-state index contributed by atoms with van der Waals surface area (Å²) in [6, 6.07) is 7.33. The Kier molecular flexibility index (Phi) is 7.57. The van der Waals surface area contributed by atoms with E-state index in [1.165, 1.54) is 31.2 Å². The van der Waals surface area contributed by atoms with Crippen molar-refractivity contribution >= 4 is 10.0 Å². The predicted molar refractivity (Wildman–Crippen MR) is 93.6 cm³/mol. The zero-order valence-electron chi connectivity index (χ0n) is 14.7. The first kappa shape index (κ1) is 19.2. The molecule has 0 aromatic heterocycles. The third-order valence-electron chi connectivity index (χ3n) is 3.84. The van der Waals surface area contributed by atoms with Gasteiger partial charge in [-0.25, -0.2) is 8.42 Å². The average molecular weight is 326 g/mol. The molecule has 0 saturated carbocycles. The topological polar surface area (TPSA) is 37.4 Å². The Morgan fingerprint density at radius 3 is 1.91 bits per heavy atom. The molecule has 0 fully saturated rings. The number of nitrogens with zero attached hydrogens (tertiary/aromatic N) is 1. The first-order chi connectivity index (χ1) is 10.3. The molecule has 4 heteroatoms. The molecular formula is C18H31NO2S. The van der Waals surface area contributed by atoms with Crippen LogP contribution in [0.1, 0.15) is 65.9 Å². The van der Waals surface area contributed by atoms with Gasteiger partial charge in [0.05, 0.1) is 4.90 Å². The van der Waals surface area contributed by atoms with Crippen LogP contribution in [0.25, 0.3) is 0 Å². The van der Waals surface area contributed by atoms with Gasteiger partial charge in [-0.15, -0.1) is 0 Å². The molecule has 1 aromatic carbocycles. The minimum atomic E-state index is -3.41. The van der Waals surface area contributed by atoms with Crippen LogP contribution in [0.4, 0.5) is 0 Å². The van der Waals surface area contributed by atoms with Crippen LogP contribution in [0, 0.1) is 0 Å². The highest BCUT2D eigenvalue weighted by Crippen LogP contribution is 2.21. The van der Waals surface area contributed by atoms with Crippen molar-refractivity contribution in [3.63, 3.8) is 0 Å². The van der Waals surface area contributed by atoms with Gasteiger partial charge in [0.1, 0.15) is 0 Å². The van der Waals surface area contributed by atoms with Crippen molar-refractivity contribution in [1.82, 2.24) is 4.31 Å². The molecule has 0 spiro atoms. The molecule has 0 aliphatic carbocycles. The largest absolute Gasteiger partial charge is 0.243 e. The molecule has 1 aromatic rings. The molecular weight excluding hydrogens is 294 g/mol. The molecule has 0 atom stereocenters. The monoisotopic (exact) mass is 325 g/mol. The number of unbranched alkanes of at least 4 members (excludes halogenated alkanes) is 3. The van der Waals surface area contributed by atoms with Gasteiger partial charge in [0.2, 0.25) is 10.0 Å². The molecule has 0 heterocycles. The molecule has 0 unspecified atom stereocenters. The molecule has 1 rings (SSSR count). The lowest BCUT2D eigenvalue weighted by Crippen LogP contribution is -2.41. The average Bonchev–Trinajstić information content (AvgIpc) is 2.43. The first-order valence-electron chi connectivity index (χ1n) is 8.43. The fourth-order valence-electron chi connectivity index (χ4n) is 2.86. The van der Waals surface area contributed by atoms with Crippen LogP contribution in [0.15, 0.2) is 29.2 Å². The summed E-state index contributed by atoms with van der Waals surface area (Å²) in [5.74, 6) is 0.